The van der Waals surface area contributed by atoms with Crippen LogP contribution in [0.15, 0.2) is 24.3 Å². The molecule has 1 aliphatic rings. The van der Waals surface area contributed by atoms with E-state index in [0.717, 1.165) is 42.1 Å². The molecule has 1 aromatic carbocycles. The highest BCUT2D eigenvalue weighted by Gasteiger charge is 2.21. The second kappa shape index (κ2) is 4.67. The molecule has 0 saturated carbocycles. The lowest BCUT2D eigenvalue weighted by molar-refractivity contribution is 0.0697. The lowest BCUT2D eigenvalue weighted by atomic mass is 10.1. The molecule has 0 bridgehead atoms. The van der Waals surface area contributed by atoms with Crippen molar-refractivity contribution in [2.45, 2.75) is 19.9 Å². The third-order valence-electron chi connectivity index (χ3n) is 3.77. The Morgan fingerprint density at radius 1 is 1.40 bits per heavy atom. The van der Waals surface area contributed by atoms with E-state index >= 15 is 0 Å². The summed E-state index contributed by atoms with van der Waals surface area (Å²) in [6.45, 7) is 3.71. The fourth-order valence-electron chi connectivity index (χ4n) is 2.78. The number of rotatable bonds is 3. The quantitative estimate of drug-likeness (QED) is 0.927. The van der Waals surface area contributed by atoms with Crippen molar-refractivity contribution in [3.8, 4) is 0 Å². The summed E-state index contributed by atoms with van der Waals surface area (Å²) in [5, 5.41) is 13.4. The van der Waals surface area contributed by atoms with Crippen LogP contribution in [0.2, 0.25) is 0 Å². The predicted molar refractivity (Wildman–Crippen MR) is 76.1 cm³/mol. The number of anilines is 1. The van der Waals surface area contributed by atoms with E-state index in [9.17, 15) is 4.79 Å². The molecule has 5 heteroatoms. The Bertz CT molecular complexity index is 676. The Morgan fingerprint density at radius 2 is 2.20 bits per heavy atom. The molecule has 1 aromatic heterocycles. The highest BCUT2D eigenvalue weighted by molar-refractivity contribution is 5.88. The molecule has 20 heavy (non-hydrogen) atoms. The molecule has 0 fully saturated rings. The monoisotopic (exact) mass is 271 g/mol. The molecule has 2 aromatic rings. The number of aromatic carboxylic acids is 1. The van der Waals surface area contributed by atoms with Crippen molar-refractivity contribution in [3.63, 3.8) is 0 Å². The van der Waals surface area contributed by atoms with Crippen molar-refractivity contribution in [2.75, 3.05) is 11.4 Å². The molecule has 1 N–H and O–H groups in total. The van der Waals surface area contributed by atoms with Crippen molar-refractivity contribution in [2.24, 2.45) is 7.05 Å². The number of carboxylic acid groups (broad SMARTS) is 1. The Morgan fingerprint density at radius 3 is 2.85 bits per heavy atom. The maximum absolute atomic E-state index is 11.0. The van der Waals surface area contributed by atoms with Crippen LogP contribution in [-0.2, 0) is 20.0 Å². The Kier molecular flexibility index (Phi) is 2.97. The zero-order valence-corrected chi connectivity index (χ0v) is 11.6. The summed E-state index contributed by atoms with van der Waals surface area (Å²) >= 11 is 0. The first-order chi connectivity index (χ1) is 9.54. The summed E-state index contributed by atoms with van der Waals surface area (Å²) < 4.78 is 1.90. The molecule has 3 rings (SSSR count). The second-order valence-corrected chi connectivity index (χ2v) is 5.22. The third kappa shape index (κ3) is 2.15. The molecule has 0 amide bonds. The van der Waals surface area contributed by atoms with Gasteiger partial charge in [0.05, 0.1) is 23.5 Å². The minimum absolute atomic E-state index is 0.363. The third-order valence-corrected chi connectivity index (χ3v) is 3.77. The number of nitrogens with zero attached hydrogens (tertiary/aromatic N) is 3. The van der Waals surface area contributed by atoms with Crippen molar-refractivity contribution in [3.05, 3.63) is 46.8 Å². The fourth-order valence-corrected chi connectivity index (χ4v) is 2.78. The van der Waals surface area contributed by atoms with E-state index in [0.29, 0.717) is 5.56 Å². The van der Waals surface area contributed by atoms with Crippen LogP contribution in [0.25, 0.3) is 0 Å². The van der Waals surface area contributed by atoms with Gasteiger partial charge < -0.3 is 10.0 Å². The summed E-state index contributed by atoms with van der Waals surface area (Å²) in [6, 6.07) is 7.46. The van der Waals surface area contributed by atoms with Crippen molar-refractivity contribution >= 4 is 11.7 Å². The molecule has 0 saturated heterocycles. The van der Waals surface area contributed by atoms with Gasteiger partial charge in [-0.2, -0.15) is 5.10 Å². The van der Waals surface area contributed by atoms with E-state index in [-0.39, 0.29) is 0 Å². The van der Waals surface area contributed by atoms with Gasteiger partial charge in [0.15, 0.2) is 0 Å². The molecule has 104 valence electrons. The van der Waals surface area contributed by atoms with E-state index in [1.165, 1.54) is 0 Å². The van der Waals surface area contributed by atoms with Gasteiger partial charge in [-0.05, 0) is 43.2 Å². The average Bonchev–Trinajstić information content (AvgIpc) is 2.93. The van der Waals surface area contributed by atoms with Gasteiger partial charge in [0.25, 0.3) is 0 Å². The highest BCUT2D eigenvalue weighted by atomic mass is 16.4. The number of aromatic nitrogens is 2. The number of hydrogen-bond acceptors (Lipinski definition) is 3. The normalized spacial score (nSPS) is 13.6. The van der Waals surface area contributed by atoms with E-state index in [1.807, 2.05) is 24.7 Å². The smallest absolute Gasteiger partial charge is 0.335 e. The standard InChI is InChI=1S/C15H17N3O2/c1-10-7-13(17(2)16-10)9-18-6-5-11-8-12(15(19)20)3-4-14(11)18/h3-4,7-8H,5-6,9H2,1-2H3,(H,19,20). The minimum Gasteiger partial charge on any atom is -0.478 e. The number of hydrogen-bond donors (Lipinski definition) is 1. The van der Waals surface area contributed by atoms with Crippen LogP contribution >= 0.6 is 0 Å². The minimum atomic E-state index is -0.867. The van der Waals surface area contributed by atoms with Crippen LogP contribution in [0.5, 0.6) is 0 Å². The molecule has 1 aliphatic heterocycles. The van der Waals surface area contributed by atoms with E-state index in [2.05, 4.69) is 16.1 Å². The first kappa shape index (κ1) is 12.7. The SMILES string of the molecule is Cc1cc(CN2CCc3cc(C(=O)O)ccc32)n(C)n1. The van der Waals surface area contributed by atoms with E-state index < -0.39 is 5.97 Å². The highest BCUT2D eigenvalue weighted by Crippen LogP contribution is 2.30. The number of benzene rings is 1. The van der Waals surface area contributed by atoms with Crippen LogP contribution in [0.3, 0.4) is 0 Å². The summed E-state index contributed by atoms with van der Waals surface area (Å²) in [7, 11) is 1.95. The zero-order valence-electron chi connectivity index (χ0n) is 11.6. The van der Waals surface area contributed by atoms with Gasteiger partial charge in [0, 0.05) is 19.3 Å². The zero-order chi connectivity index (χ0) is 14.3. The molecule has 0 unspecified atom stereocenters. The molecule has 0 radical (unpaired) electrons. The van der Waals surface area contributed by atoms with Crippen LogP contribution in [0.1, 0.15) is 27.3 Å². The summed E-state index contributed by atoms with van der Waals surface area (Å²) in [5.74, 6) is -0.867. The average molecular weight is 271 g/mol. The summed E-state index contributed by atoms with van der Waals surface area (Å²) in [6.07, 6.45) is 0.896. The largest absolute Gasteiger partial charge is 0.478 e. The van der Waals surface area contributed by atoms with E-state index in [1.54, 1.807) is 12.1 Å². The maximum Gasteiger partial charge on any atom is 0.335 e. The van der Waals surface area contributed by atoms with Crippen LogP contribution < -0.4 is 4.90 Å². The first-order valence-electron chi connectivity index (χ1n) is 6.65. The van der Waals surface area contributed by atoms with Gasteiger partial charge in [-0.3, -0.25) is 4.68 Å². The predicted octanol–water partition coefficient (Wildman–Crippen LogP) is 1.99. The second-order valence-electron chi connectivity index (χ2n) is 5.22. The lowest BCUT2D eigenvalue weighted by Crippen LogP contribution is -2.21. The van der Waals surface area contributed by atoms with Gasteiger partial charge in [-0.1, -0.05) is 0 Å². The molecular weight excluding hydrogens is 254 g/mol. The molecule has 0 aliphatic carbocycles. The molecule has 5 nitrogen and oxygen atoms in total. The van der Waals surface area contributed by atoms with Gasteiger partial charge in [0.1, 0.15) is 0 Å². The van der Waals surface area contributed by atoms with E-state index in [4.69, 9.17) is 5.11 Å². The number of carboxylic acids is 1. The van der Waals surface area contributed by atoms with Crippen molar-refractivity contribution in [1.82, 2.24) is 9.78 Å². The first-order valence-corrected chi connectivity index (χ1v) is 6.65. The van der Waals surface area contributed by atoms with Crippen molar-refractivity contribution in [1.29, 1.82) is 0 Å². The van der Waals surface area contributed by atoms with Crippen molar-refractivity contribution < 1.29 is 9.90 Å². The number of aryl methyl sites for hydroxylation is 2. The number of fused-ring (bicyclic) bond motifs is 1. The Balaban J connectivity index is 1.86. The van der Waals surface area contributed by atoms with Gasteiger partial charge in [0.2, 0.25) is 0 Å². The lowest BCUT2D eigenvalue weighted by Gasteiger charge is -2.19. The molecule has 0 atom stereocenters. The topological polar surface area (TPSA) is 58.4 Å². The number of carbonyl (C=O) groups is 1. The molecule has 0 spiro atoms. The summed E-state index contributed by atoms with van der Waals surface area (Å²) in [4.78, 5) is 13.3. The Labute approximate surface area is 117 Å². The van der Waals surface area contributed by atoms with Gasteiger partial charge in [-0.25, -0.2) is 4.79 Å². The van der Waals surface area contributed by atoms with Gasteiger partial charge >= 0.3 is 5.97 Å². The maximum atomic E-state index is 11.0. The van der Waals surface area contributed by atoms with Crippen LogP contribution in [0.4, 0.5) is 5.69 Å². The molecule has 2 heterocycles. The van der Waals surface area contributed by atoms with Gasteiger partial charge in [-0.15, -0.1) is 0 Å². The fraction of sp³-hybridized carbons (Fsp3) is 0.333. The molecular formula is C15H17N3O2. The Hall–Kier alpha value is -2.30. The summed E-state index contributed by atoms with van der Waals surface area (Å²) in [5.41, 5.74) is 4.79. The van der Waals surface area contributed by atoms with Crippen LogP contribution in [-0.4, -0.2) is 27.4 Å². The van der Waals surface area contributed by atoms with Crippen LogP contribution in [0, 0.1) is 6.92 Å².